The molecule has 0 saturated carbocycles. The quantitative estimate of drug-likeness (QED) is 0.103. The number of phosphoric ester groups is 1. The van der Waals surface area contributed by atoms with E-state index in [-0.39, 0.29) is 37.1 Å². The van der Waals surface area contributed by atoms with Crippen molar-refractivity contribution in [2.75, 3.05) is 19.0 Å². The van der Waals surface area contributed by atoms with Crippen LogP contribution in [0.5, 0.6) is 5.75 Å². The lowest BCUT2D eigenvalue weighted by atomic mass is 10.1. The van der Waals surface area contributed by atoms with Crippen LogP contribution >= 0.6 is 7.82 Å². The zero-order chi connectivity index (χ0) is 37.3. The second-order valence-corrected chi connectivity index (χ2v) is 13.9. The van der Waals surface area contributed by atoms with Gasteiger partial charge < -0.3 is 24.6 Å². The van der Waals surface area contributed by atoms with E-state index in [0.29, 0.717) is 17.0 Å². The number of aliphatic hydroxyl groups excluding tert-OH is 1. The molecule has 2 N–H and O–H groups in total. The number of hydrogen-bond acceptors (Lipinski definition) is 12. The minimum atomic E-state index is -4.38. The normalized spacial score (nSPS) is 18.5. The van der Waals surface area contributed by atoms with Crippen LogP contribution in [0.15, 0.2) is 128 Å². The van der Waals surface area contributed by atoms with Crippen LogP contribution in [0, 0.1) is 0 Å². The third kappa shape index (κ3) is 8.73. The fourth-order valence-corrected chi connectivity index (χ4v) is 7.26. The van der Waals surface area contributed by atoms with Gasteiger partial charge in [-0.05, 0) is 41.0 Å². The molecule has 7 rings (SSSR count). The predicted octanol–water partition coefficient (Wildman–Crippen LogP) is 6.49. The zero-order valence-corrected chi connectivity index (χ0v) is 30.1. The van der Waals surface area contributed by atoms with Gasteiger partial charge in [-0.1, -0.05) is 91.0 Å². The van der Waals surface area contributed by atoms with Gasteiger partial charge in [0.25, 0.3) is 5.91 Å². The van der Waals surface area contributed by atoms with Gasteiger partial charge in [0.2, 0.25) is 0 Å². The van der Waals surface area contributed by atoms with Gasteiger partial charge in [-0.3, -0.25) is 22.9 Å². The van der Waals surface area contributed by atoms with Crippen molar-refractivity contribution in [3.8, 4) is 5.75 Å². The Hall–Kier alpha value is -5.31. The number of imidazole rings is 1. The second-order valence-electron chi connectivity index (χ2n) is 12.3. The molecule has 278 valence electrons. The van der Waals surface area contributed by atoms with E-state index in [9.17, 15) is 14.5 Å². The van der Waals surface area contributed by atoms with Crippen LogP contribution in [0.25, 0.3) is 11.2 Å². The average molecular weight is 752 g/mol. The summed E-state index contributed by atoms with van der Waals surface area (Å²) in [5, 5.41) is 13.5. The fraction of sp³-hybridized carbons (Fsp3) is 0.231. The molecule has 1 aliphatic heterocycles. The number of fused-ring (bicyclic) bond motifs is 1. The van der Waals surface area contributed by atoms with Crippen molar-refractivity contribution in [3.63, 3.8) is 0 Å². The Kier molecular flexibility index (Phi) is 11.8. The number of nitrogens with zero attached hydrogens (tertiary/aromatic N) is 4. The number of nitrogens with one attached hydrogen (secondary N) is 1. The van der Waals surface area contributed by atoms with E-state index in [1.54, 1.807) is 48.1 Å². The first-order chi connectivity index (χ1) is 26.4. The van der Waals surface area contributed by atoms with Gasteiger partial charge in [-0.2, -0.15) is 0 Å². The van der Waals surface area contributed by atoms with Crippen LogP contribution in [0.3, 0.4) is 0 Å². The third-order valence-electron chi connectivity index (χ3n) is 8.68. The molecule has 0 spiro atoms. The summed E-state index contributed by atoms with van der Waals surface area (Å²) in [5.74, 6) is 0.480. The van der Waals surface area contributed by atoms with Gasteiger partial charge in [0.15, 0.2) is 23.2 Å². The number of carbonyl (C=O) groups excluding carboxylic acids is 1. The summed E-state index contributed by atoms with van der Waals surface area (Å²) in [6.45, 7) is -0.606. The van der Waals surface area contributed by atoms with E-state index in [0.717, 1.165) is 16.7 Å². The molecule has 1 saturated heterocycles. The number of rotatable bonds is 16. The number of aliphatic hydroxyl groups is 1. The Bertz CT molecular complexity index is 2130. The SMILES string of the molecule is COc1ccc(CO[C@@H]2[C@H](OP(=O)(OCc3ccccc3)OCc3ccccc3)[C@@H](CO)O[C@H]2n2cnc3c(NC(=O)c4ccccc4)ncnc32)cc1. The van der Waals surface area contributed by atoms with Crippen molar-refractivity contribution in [2.45, 2.75) is 44.4 Å². The molecule has 54 heavy (non-hydrogen) atoms. The van der Waals surface area contributed by atoms with Gasteiger partial charge in [-0.15, -0.1) is 0 Å². The first-order valence-electron chi connectivity index (χ1n) is 17.1. The lowest BCUT2D eigenvalue weighted by molar-refractivity contribution is -0.0764. The molecule has 0 aliphatic carbocycles. The first kappa shape index (κ1) is 37.0. The molecular weight excluding hydrogens is 713 g/mol. The Morgan fingerprint density at radius 2 is 1.41 bits per heavy atom. The number of aromatic nitrogens is 4. The van der Waals surface area contributed by atoms with E-state index < -0.39 is 39.0 Å². The third-order valence-corrected chi connectivity index (χ3v) is 10.1. The molecule has 1 amide bonds. The maximum absolute atomic E-state index is 14.6. The van der Waals surface area contributed by atoms with E-state index in [2.05, 4.69) is 20.3 Å². The van der Waals surface area contributed by atoms with Crippen molar-refractivity contribution >= 4 is 30.7 Å². The molecular formula is C39H38N5O9P. The van der Waals surface area contributed by atoms with Gasteiger partial charge in [-0.25, -0.2) is 19.5 Å². The average Bonchev–Trinajstić information content (AvgIpc) is 3.81. The molecule has 0 unspecified atom stereocenters. The minimum absolute atomic E-state index is 0.0760. The van der Waals surface area contributed by atoms with Crippen LogP contribution < -0.4 is 10.1 Å². The number of anilines is 1. The Morgan fingerprint density at radius 1 is 0.796 bits per heavy atom. The molecule has 6 aromatic rings. The number of methoxy groups -OCH3 is 1. The molecule has 14 nitrogen and oxygen atoms in total. The van der Waals surface area contributed by atoms with Crippen LogP contribution in [0.4, 0.5) is 5.82 Å². The number of benzene rings is 4. The van der Waals surface area contributed by atoms with E-state index in [4.69, 9.17) is 27.8 Å². The molecule has 2 aromatic heterocycles. The molecule has 0 bridgehead atoms. The van der Waals surface area contributed by atoms with Gasteiger partial charge in [0.1, 0.15) is 30.4 Å². The highest BCUT2D eigenvalue weighted by Gasteiger charge is 2.51. The summed E-state index contributed by atoms with van der Waals surface area (Å²) < 4.78 is 52.6. The molecule has 1 aliphatic rings. The van der Waals surface area contributed by atoms with Crippen molar-refractivity contribution < 1.29 is 42.2 Å². The summed E-state index contributed by atoms with van der Waals surface area (Å²) in [7, 11) is -2.80. The van der Waals surface area contributed by atoms with Gasteiger partial charge >= 0.3 is 7.82 Å². The molecule has 3 heterocycles. The maximum atomic E-state index is 14.6. The number of hydrogen-bond donors (Lipinski definition) is 2. The highest BCUT2D eigenvalue weighted by atomic mass is 31.2. The smallest absolute Gasteiger partial charge is 0.475 e. The Labute approximate surface area is 311 Å². The predicted molar refractivity (Wildman–Crippen MR) is 197 cm³/mol. The highest BCUT2D eigenvalue weighted by Crippen LogP contribution is 2.55. The van der Waals surface area contributed by atoms with Crippen LogP contribution in [-0.4, -0.2) is 62.6 Å². The molecule has 4 atom stereocenters. The summed E-state index contributed by atoms with van der Waals surface area (Å²) in [4.78, 5) is 26.3. The highest BCUT2D eigenvalue weighted by molar-refractivity contribution is 7.48. The van der Waals surface area contributed by atoms with E-state index in [1.807, 2.05) is 78.9 Å². The van der Waals surface area contributed by atoms with Gasteiger partial charge in [0, 0.05) is 5.56 Å². The molecule has 0 radical (unpaired) electrons. The lowest BCUT2D eigenvalue weighted by Gasteiger charge is -2.28. The Balaban J connectivity index is 1.21. The fourth-order valence-electron chi connectivity index (χ4n) is 5.90. The summed E-state index contributed by atoms with van der Waals surface area (Å²) in [6.07, 6.45) is -1.49. The molecule has 15 heteroatoms. The van der Waals surface area contributed by atoms with Crippen LogP contribution in [0.1, 0.15) is 33.3 Å². The second kappa shape index (κ2) is 17.2. The van der Waals surface area contributed by atoms with E-state index in [1.165, 1.54) is 12.7 Å². The zero-order valence-electron chi connectivity index (χ0n) is 29.2. The number of amides is 1. The summed E-state index contributed by atoms with van der Waals surface area (Å²) in [5.41, 5.74) is 3.32. The number of carbonyl (C=O) groups is 1. The molecule has 1 fully saturated rings. The summed E-state index contributed by atoms with van der Waals surface area (Å²) in [6, 6.07) is 34.4. The first-order valence-corrected chi connectivity index (χ1v) is 18.6. The van der Waals surface area contributed by atoms with Crippen molar-refractivity contribution in [1.82, 2.24) is 19.5 Å². The standard InChI is InChI=1S/C39H38N5O9P/c1-48-31-19-17-29(18-20-31)22-49-35-34(53-54(47,50-23-27-11-5-2-6-12-27)51-24-28-13-7-3-8-14-28)32(21-45)52-39(35)44-26-42-33-36(40-25-41-37(33)44)43-38(46)30-15-9-4-10-16-30/h2-20,25-26,32,34-35,39,45H,21-24H2,1H3,(H,40,41,43,46)/t32-,34-,35-,39-/m1/s1. The van der Waals surface area contributed by atoms with Gasteiger partial charge in [0.05, 0.1) is 39.9 Å². The van der Waals surface area contributed by atoms with E-state index >= 15 is 0 Å². The maximum Gasteiger partial charge on any atom is 0.475 e. The molecule has 4 aromatic carbocycles. The minimum Gasteiger partial charge on any atom is -0.497 e. The van der Waals surface area contributed by atoms with Crippen molar-refractivity contribution in [2.24, 2.45) is 0 Å². The topological polar surface area (TPSA) is 165 Å². The van der Waals surface area contributed by atoms with Crippen LogP contribution in [0.2, 0.25) is 0 Å². The van der Waals surface area contributed by atoms with Crippen LogP contribution in [-0.2, 0) is 47.4 Å². The summed E-state index contributed by atoms with van der Waals surface area (Å²) >= 11 is 0. The Morgan fingerprint density at radius 3 is 2.02 bits per heavy atom. The van der Waals surface area contributed by atoms with Crippen molar-refractivity contribution in [1.29, 1.82) is 0 Å². The monoisotopic (exact) mass is 751 g/mol. The van der Waals surface area contributed by atoms with Crippen molar-refractivity contribution in [3.05, 3.63) is 150 Å². The number of phosphoric acid groups is 1. The largest absolute Gasteiger partial charge is 0.497 e. The lowest BCUT2D eigenvalue weighted by Crippen LogP contribution is -2.37. The number of ether oxygens (including phenoxy) is 3.